The second-order valence-corrected chi connectivity index (χ2v) is 8.21. The van der Waals surface area contributed by atoms with Crippen molar-refractivity contribution in [2.24, 2.45) is 5.92 Å². The SMILES string of the molecule is CCC(CC)C(=O)Nc1ccc(N2CCN(C(C(=O)OC)c3ccc(O)cc3)CC2)c(F)c1. The number of amides is 1. The van der Waals surface area contributed by atoms with Gasteiger partial charge in [-0.3, -0.25) is 9.69 Å². The third kappa shape index (κ3) is 5.82. The highest BCUT2D eigenvalue weighted by atomic mass is 19.1. The Morgan fingerprint density at radius 3 is 2.24 bits per heavy atom. The lowest BCUT2D eigenvalue weighted by atomic mass is 10.0. The number of hydrogen-bond donors (Lipinski definition) is 2. The van der Waals surface area contributed by atoms with E-state index in [0.717, 1.165) is 18.4 Å². The van der Waals surface area contributed by atoms with Gasteiger partial charge in [-0.15, -0.1) is 0 Å². The van der Waals surface area contributed by atoms with Crippen LogP contribution in [0.2, 0.25) is 0 Å². The smallest absolute Gasteiger partial charge is 0.327 e. The van der Waals surface area contributed by atoms with Crippen molar-refractivity contribution in [2.45, 2.75) is 32.7 Å². The summed E-state index contributed by atoms with van der Waals surface area (Å²) in [7, 11) is 1.35. The average molecular weight is 458 g/mol. The van der Waals surface area contributed by atoms with Gasteiger partial charge in [-0.2, -0.15) is 0 Å². The topological polar surface area (TPSA) is 82.1 Å². The molecule has 1 saturated heterocycles. The minimum Gasteiger partial charge on any atom is -0.508 e. The summed E-state index contributed by atoms with van der Waals surface area (Å²) in [6.07, 6.45) is 1.48. The zero-order chi connectivity index (χ0) is 24.0. The van der Waals surface area contributed by atoms with Crippen LogP contribution in [-0.4, -0.2) is 55.2 Å². The lowest BCUT2D eigenvalue weighted by Gasteiger charge is -2.39. The van der Waals surface area contributed by atoms with Gasteiger partial charge in [0.25, 0.3) is 0 Å². The summed E-state index contributed by atoms with van der Waals surface area (Å²) in [5, 5.41) is 12.4. The number of phenolic OH excluding ortho intramolecular Hbond substituents is 1. The molecule has 0 aliphatic carbocycles. The van der Waals surface area contributed by atoms with Crippen molar-refractivity contribution in [2.75, 3.05) is 43.5 Å². The molecule has 0 spiro atoms. The number of esters is 1. The van der Waals surface area contributed by atoms with Crippen molar-refractivity contribution in [3.8, 4) is 5.75 Å². The van der Waals surface area contributed by atoms with Gasteiger partial charge in [-0.1, -0.05) is 26.0 Å². The maximum Gasteiger partial charge on any atom is 0.327 e. The normalized spacial score (nSPS) is 15.4. The van der Waals surface area contributed by atoms with Crippen LogP contribution in [0.4, 0.5) is 15.8 Å². The summed E-state index contributed by atoms with van der Waals surface area (Å²) in [6.45, 7) is 6.05. The van der Waals surface area contributed by atoms with Crippen molar-refractivity contribution >= 4 is 23.3 Å². The number of carbonyl (C=O) groups is 2. The molecule has 1 heterocycles. The number of carbonyl (C=O) groups excluding carboxylic acids is 2. The van der Waals surface area contributed by atoms with Gasteiger partial charge in [-0.05, 0) is 48.7 Å². The molecule has 1 atom stereocenters. The number of piperazine rings is 1. The number of halogens is 1. The molecule has 0 aromatic heterocycles. The Kier molecular flexibility index (Phi) is 8.27. The Morgan fingerprint density at radius 2 is 1.70 bits per heavy atom. The molecule has 1 unspecified atom stereocenters. The quantitative estimate of drug-likeness (QED) is 0.585. The standard InChI is InChI=1S/C25H32FN3O4/c1-4-17(5-2)24(31)27-19-8-11-22(21(26)16-19)28-12-14-29(15-13-28)23(25(32)33-3)18-6-9-20(30)10-7-18/h6-11,16-17,23,30H,4-5,12-15H2,1-3H3,(H,27,31). The van der Waals surface area contributed by atoms with Gasteiger partial charge in [0.05, 0.1) is 12.8 Å². The Labute approximate surface area is 194 Å². The van der Waals surface area contributed by atoms with Gasteiger partial charge in [-0.25, -0.2) is 9.18 Å². The van der Waals surface area contributed by atoms with Crippen LogP contribution >= 0.6 is 0 Å². The van der Waals surface area contributed by atoms with Crippen LogP contribution in [0.3, 0.4) is 0 Å². The van der Waals surface area contributed by atoms with Gasteiger partial charge in [0.1, 0.15) is 17.6 Å². The fraction of sp³-hybridized carbons (Fsp3) is 0.440. The van der Waals surface area contributed by atoms with Crippen molar-refractivity contribution in [3.05, 3.63) is 53.8 Å². The molecule has 0 bridgehead atoms. The first-order valence-electron chi connectivity index (χ1n) is 11.3. The lowest BCUT2D eigenvalue weighted by Crippen LogP contribution is -2.49. The molecular weight excluding hydrogens is 425 g/mol. The zero-order valence-electron chi connectivity index (χ0n) is 19.4. The van der Waals surface area contributed by atoms with Crippen LogP contribution in [0.5, 0.6) is 5.75 Å². The number of ether oxygens (including phenoxy) is 1. The van der Waals surface area contributed by atoms with Crippen LogP contribution < -0.4 is 10.2 Å². The molecule has 0 radical (unpaired) electrons. The van der Waals surface area contributed by atoms with E-state index in [4.69, 9.17) is 4.74 Å². The summed E-state index contributed by atoms with van der Waals surface area (Å²) in [5.74, 6) is -0.824. The number of phenols is 1. The molecule has 2 aromatic rings. The number of anilines is 2. The van der Waals surface area contributed by atoms with Gasteiger partial charge >= 0.3 is 5.97 Å². The van der Waals surface area contributed by atoms with E-state index in [9.17, 15) is 19.1 Å². The van der Waals surface area contributed by atoms with Gasteiger partial charge in [0, 0.05) is 37.8 Å². The molecule has 1 aliphatic heterocycles. The van der Waals surface area contributed by atoms with Crippen LogP contribution in [0.15, 0.2) is 42.5 Å². The van der Waals surface area contributed by atoms with E-state index < -0.39 is 11.9 Å². The third-order valence-electron chi connectivity index (χ3n) is 6.22. The molecule has 1 fully saturated rings. The van der Waals surface area contributed by atoms with Gasteiger partial charge < -0.3 is 20.1 Å². The number of nitrogens with zero attached hydrogens (tertiary/aromatic N) is 2. The predicted molar refractivity (Wildman–Crippen MR) is 126 cm³/mol. The first-order valence-corrected chi connectivity index (χ1v) is 11.3. The molecule has 2 aromatic carbocycles. The molecule has 3 rings (SSSR count). The van der Waals surface area contributed by atoms with E-state index >= 15 is 0 Å². The highest BCUT2D eigenvalue weighted by molar-refractivity contribution is 5.92. The fourth-order valence-electron chi connectivity index (χ4n) is 4.23. The minimum atomic E-state index is -0.592. The summed E-state index contributed by atoms with van der Waals surface area (Å²) in [4.78, 5) is 28.7. The Bertz CT molecular complexity index is 955. The third-order valence-corrected chi connectivity index (χ3v) is 6.22. The zero-order valence-corrected chi connectivity index (χ0v) is 19.4. The number of nitrogens with one attached hydrogen (secondary N) is 1. The highest BCUT2D eigenvalue weighted by Crippen LogP contribution is 2.29. The molecule has 1 aliphatic rings. The molecule has 33 heavy (non-hydrogen) atoms. The van der Waals surface area contributed by atoms with Gasteiger partial charge in [0.2, 0.25) is 5.91 Å². The lowest BCUT2D eigenvalue weighted by molar-refractivity contribution is -0.147. The minimum absolute atomic E-state index is 0.0860. The number of rotatable bonds is 8. The summed E-state index contributed by atoms with van der Waals surface area (Å²) in [5.41, 5.74) is 1.65. The monoisotopic (exact) mass is 457 g/mol. The van der Waals surface area contributed by atoms with E-state index in [1.54, 1.807) is 36.4 Å². The first-order chi connectivity index (χ1) is 15.9. The van der Waals surface area contributed by atoms with Crippen molar-refractivity contribution in [3.63, 3.8) is 0 Å². The Morgan fingerprint density at radius 1 is 1.06 bits per heavy atom. The van der Waals surface area contributed by atoms with E-state index in [2.05, 4.69) is 5.32 Å². The first kappa shape index (κ1) is 24.5. The number of methoxy groups -OCH3 is 1. The number of hydrogen-bond acceptors (Lipinski definition) is 6. The van der Waals surface area contributed by atoms with Crippen LogP contribution in [-0.2, 0) is 14.3 Å². The molecule has 1 amide bonds. The molecule has 7 nitrogen and oxygen atoms in total. The Hall–Kier alpha value is -3.13. The molecule has 8 heteroatoms. The maximum atomic E-state index is 14.9. The second-order valence-electron chi connectivity index (χ2n) is 8.21. The molecule has 178 valence electrons. The van der Waals surface area contributed by atoms with Crippen LogP contribution in [0.1, 0.15) is 38.3 Å². The summed E-state index contributed by atoms with van der Waals surface area (Å²) >= 11 is 0. The largest absolute Gasteiger partial charge is 0.508 e. The summed E-state index contributed by atoms with van der Waals surface area (Å²) < 4.78 is 19.9. The predicted octanol–water partition coefficient (Wildman–Crippen LogP) is 3.94. The number of benzene rings is 2. The van der Waals surface area contributed by atoms with E-state index in [-0.39, 0.29) is 23.5 Å². The van der Waals surface area contributed by atoms with E-state index in [1.807, 2.05) is 23.6 Å². The molecule has 0 saturated carbocycles. The van der Waals surface area contributed by atoms with Crippen molar-refractivity contribution in [1.29, 1.82) is 0 Å². The van der Waals surface area contributed by atoms with E-state index in [1.165, 1.54) is 13.2 Å². The fourth-order valence-corrected chi connectivity index (χ4v) is 4.23. The van der Waals surface area contributed by atoms with Crippen molar-refractivity contribution < 1.29 is 23.8 Å². The van der Waals surface area contributed by atoms with E-state index in [0.29, 0.717) is 37.6 Å². The molecule has 2 N–H and O–H groups in total. The Balaban J connectivity index is 1.67. The highest BCUT2D eigenvalue weighted by Gasteiger charge is 2.32. The van der Waals surface area contributed by atoms with Crippen LogP contribution in [0.25, 0.3) is 0 Å². The van der Waals surface area contributed by atoms with Crippen molar-refractivity contribution in [1.82, 2.24) is 4.90 Å². The van der Waals surface area contributed by atoms with Crippen LogP contribution in [0, 0.1) is 11.7 Å². The molecular formula is C25H32FN3O4. The average Bonchev–Trinajstić information content (AvgIpc) is 2.82. The number of aromatic hydroxyl groups is 1. The second kappa shape index (κ2) is 11.1. The maximum absolute atomic E-state index is 14.9. The summed E-state index contributed by atoms with van der Waals surface area (Å²) in [6, 6.07) is 10.7. The van der Waals surface area contributed by atoms with Gasteiger partial charge in [0.15, 0.2) is 0 Å².